The van der Waals surface area contributed by atoms with Gasteiger partial charge in [-0.3, -0.25) is 0 Å². The fraction of sp³-hybridized carbons (Fsp3) is 0.250. The van der Waals surface area contributed by atoms with E-state index in [-0.39, 0.29) is 0 Å². The summed E-state index contributed by atoms with van der Waals surface area (Å²) < 4.78 is 5.14. The number of nitrogens with two attached hydrogens (primary N) is 1. The zero-order valence-electron chi connectivity index (χ0n) is 8.73. The predicted octanol–water partition coefficient (Wildman–Crippen LogP) is 2.35. The number of nitrogen functional groups attached to an aromatic ring is 1. The fourth-order valence-corrected chi connectivity index (χ4v) is 1.52. The lowest BCUT2D eigenvalue weighted by Crippen LogP contribution is -1.92. The van der Waals surface area contributed by atoms with Crippen LogP contribution in [0.25, 0.3) is 0 Å². The zero-order chi connectivity index (χ0) is 10.7. The van der Waals surface area contributed by atoms with E-state index in [1.165, 1.54) is 5.56 Å². The molecule has 78 valence electrons. The van der Waals surface area contributed by atoms with Gasteiger partial charge in [-0.15, -0.1) is 0 Å². The van der Waals surface area contributed by atoms with Gasteiger partial charge in [0.05, 0.1) is 0 Å². The SMILES string of the molecule is Cc1c(N)noc1CCc1ccccc1. The molecule has 0 fully saturated rings. The van der Waals surface area contributed by atoms with Gasteiger partial charge in [0.2, 0.25) is 0 Å². The van der Waals surface area contributed by atoms with Crippen LogP contribution < -0.4 is 5.73 Å². The number of hydrogen-bond acceptors (Lipinski definition) is 3. The summed E-state index contributed by atoms with van der Waals surface area (Å²) in [6, 6.07) is 10.3. The number of rotatable bonds is 3. The van der Waals surface area contributed by atoms with Gasteiger partial charge in [-0.25, -0.2) is 0 Å². The lowest BCUT2D eigenvalue weighted by Gasteiger charge is -1.98. The molecule has 1 aromatic heterocycles. The van der Waals surface area contributed by atoms with Crippen LogP contribution >= 0.6 is 0 Å². The maximum atomic E-state index is 5.60. The molecule has 0 bridgehead atoms. The van der Waals surface area contributed by atoms with Crippen molar-refractivity contribution >= 4 is 5.82 Å². The van der Waals surface area contributed by atoms with E-state index in [2.05, 4.69) is 17.3 Å². The first-order chi connectivity index (χ1) is 7.27. The molecule has 3 nitrogen and oxygen atoms in total. The minimum atomic E-state index is 0.498. The summed E-state index contributed by atoms with van der Waals surface area (Å²) in [6.07, 6.45) is 1.80. The van der Waals surface area contributed by atoms with Gasteiger partial charge in [0.25, 0.3) is 0 Å². The zero-order valence-corrected chi connectivity index (χ0v) is 8.73. The van der Waals surface area contributed by atoms with Crippen LogP contribution in [0.5, 0.6) is 0 Å². The summed E-state index contributed by atoms with van der Waals surface area (Å²) in [6.45, 7) is 1.94. The summed E-state index contributed by atoms with van der Waals surface area (Å²) >= 11 is 0. The summed E-state index contributed by atoms with van der Waals surface area (Å²) in [5, 5.41) is 3.73. The number of benzene rings is 1. The van der Waals surface area contributed by atoms with E-state index >= 15 is 0 Å². The predicted molar refractivity (Wildman–Crippen MR) is 59.5 cm³/mol. The van der Waals surface area contributed by atoms with E-state index in [0.717, 1.165) is 24.2 Å². The Morgan fingerprint density at radius 1 is 1.20 bits per heavy atom. The van der Waals surface area contributed by atoms with Crippen molar-refractivity contribution in [1.82, 2.24) is 5.16 Å². The summed E-state index contributed by atoms with van der Waals surface area (Å²) in [4.78, 5) is 0. The van der Waals surface area contributed by atoms with Crippen LogP contribution in [-0.4, -0.2) is 5.16 Å². The minimum absolute atomic E-state index is 0.498. The van der Waals surface area contributed by atoms with Gasteiger partial charge >= 0.3 is 0 Å². The first kappa shape index (κ1) is 9.77. The van der Waals surface area contributed by atoms with E-state index in [4.69, 9.17) is 10.3 Å². The maximum absolute atomic E-state index is 5.60. The molecule has 0 saturated carbocycles. The smallest absolute Gasteiger partial charge is 0.169 e. The molecule has 15 heavy (non-hydrogen) atoms. The second-order valence-electron chi connectivity index (χ2n) is 3.60. The lowest BCUT2D eigenvalue weighted by molar-refractivity contribution is 0.385. The van der Waals surface area contributed by atoms with E-state index in [1.54, 1.807) is 0 Å². The Labute approximate surface area is 88.9 Å². The van der Waals surface area contributed by atoms with Crippen molar-refractivity contribution in [2.45, 2.75) is 19.8 Å². The van der Waals surface area contributed by atoms with Gasteiger partial charge in [0, 0.05) is 12.0 Å². The molecule has 0 radical (unpaired) electrons. The number of hydrogen-bond donors (Lipinski definition) is 1. The molecule has 0 aliphatic carbocycles. The van der Waals surface area contributed by atoms with Crippen LogP contribution in [0.1, 0.15) is 16.9 Å². The third-order valence-corrected chi connectivity index (χ3v) is 2.54. The fourth-order valence-electron chi connectivity index (χ4n) is 1.52. The molecular weight excluding hydrogens is 188 g/mol. The molecule has 0 saturated heterocycles. The number of nitrogens with zero attached hydrogens (tertiary/aromatic N) is 1. The molecule has 0 spiro atoms. The third-order valence-electron chi connectivity index (χ3n) is 2.54. The van der Waals surface area contributed by atoms with Crippen molar-refractivity contribution in [2.24, 2.45) is 0 Å². The molecule has 0 aliphatic heterocycles. The topological polar surface area (TPSA) is 52.0 Å². The number of aromatic nitrogens is 1. The largest absolute Gasteiger partial charge is 0.381 e. The molecule has 2 rings (SSSR count). The number of anilines is 1. The average molecular weight is 202 g/mol. The Balaban J connectivity index is 2.02. The van der Waals surface area contributed by atoms with Crippen LogP contribution in [0.2, 0.25) is 0 Å². The van der Waals surface area contributed by atoms with Gasteiger partial charge in [-0.1, -0.05) is 35.5 Å². The monoisotopic (exact) mass is 202 g/mol. The summed E-state index contributed by atoms with van der Waals surface area (Å²) in [5.74, 6) is 1.38. The van der Waals surface area contributed by atoms with E-state index in [1.807, 2.05) is 25.1 Å². The Bertz CT molecular complexity index is 434. The molecule has 1 aromatic carbocycles. The molecule has 0 amide bonds. The highest BCUT2D eigenvalue weighted by Crippen LogP contribution is 2.16. The molecule has 1 heterocycles. The van der Waals surface area contributed by atoms with Gasteiger partial charge < -0.3 is 10.3 Å². The number of aryl methyl sites for hydroxylation is 2. The highest BCUT2D eigenvalue weighted by Gasteiger charge is 2.08. The minimum Gasteiger partial charge on any atom is -0.381 e. The molecule has 2 aromatic rings. The van der Waals surface area contributed by atoms with E-state index in [0.29, 0.717) is 5.82 Å². The Morgan fingerprint density at radius 3 is 2.53 bits per heavy atom. The lowest BCUT2D eigenvalue weighted by atomic mass is 10.1. The van der Waals surface area contributed by atoms with Crippen molar-refractivity contribution in [3.63, 3.8) is 0 Å². The van der Waals surface area contributed by atoms with Crippen LogP contribution in [0.3, 0.4) is 0 Å². The first-order valence-electron chi connectivity index (χ1n) is 5.02. The van der Waals surface area contributed by atoms with Gasteiger partial charge in [0.15, 0.2) is 5.82 Å². The second kappa shape index (κ2) is 4.17. The molecule has 0 atom stereocenters. The third kappa shape index (κ3) is 2.18. The molecule has 3 heteroatoms. The quantitative estimate of drug-likeness (QED) is 0.831. The van der Waals surface area contributed by atoms with Crippen molar-refractivity contribution < 1.29 is 4.52 Å². The standard InChI is InChI=1S/C12H14N2O/c1-9-11(15-14-12(9)13)8-7-10-5-3-2-4-6-10/h2-6H,7-8H2,1H3,(H2,13,14). The van der Waals surface area contributed by atoms with Crippen molar-refractivity contribution in [2.75, 3.05) is 5.73 Å². The van der Waals surface area contributed by atoms with Gasteiger partial charge in [0.1, 0.15) is 5.76 Å². The van der Waals surface area contributed by atoms with E-state index in [9.17, 15) is 0 Å². The summed E-state index contributed by atoms with van der Waals surface area (Å²) in [7, 11) is 0. The molecule has 0 aliphatic rings. The van der Waals surface area contributed by atoms with Crippen LogP contribution in [0, 0.1) is 6.92 Å². The van der Waals surface area contributed by atoms with Crippen molar-refractivity contribution in [3.8, 4) is 0 Å². The Morgan fingerprint density at radius 2 is 1.93 bits per heavy atom. The normalized spacial score (nSPS) is 10.5. The van der Waals surface area contributed by atoms with Gasteiger partial charge in [-0.2, -0.15) is 0 Å². The molecule has 2 N–H and O–H groups in total. The highest BCUT2D eigenvalue weighted by atomic mass is 16.5. The summed E-state index contributed by atoms with van der Waals surface area (Å²) in [5.41, 5.74) is 7.87. The Kier molecular flexibility index (Phi) is 2.72. The molecular formula is C12H14N2O. The van der Waals surface area contributed by atoms with Crippen molar-refractivity contribution in [3.05, 3.63) is 47.2 Å². The van der Waals surface area contributed by atoms with Crippen LogP contribution in [0.4, 0.5) is 5.82 Å². The first-order valence-corrected chi connectivity index (χ1v) is 5.02. The van der Waals surface area contributed by atoms with Crippen molar-refractivity contribution in [1.29, 1.82) is 0 Å². The molecule has 0 unspecified atom stereocenters. The van der Waals surface area contributed by atoms with Gasteiger partial charge in [-0.05, 0) is 18.9 Å². The van der Waals surface area contributed by atoms with Crippen LogP contribution in [0.15, 0.2) is 34.9 Å². The maximum Gasteiger partial charge on any atom is 0.169 e. The van der Waals surface area contributed by atoms with Crippen LogP contribution in [-0.2, 0) is 12.8 Å². The Hall–Kier alpha value is -1.77. The highest BCUT2D eigenvalue weighted by molar-refractivity contribution is 5.39. The second-order valence-corrected chi connectivity index (χ2v) is 3.60. The average Bonchev–Trinajstić information content (AvgIpc) is 2.59. The van der Waals surface area contributed by atoms with E-state index < -0.39 is 0 Å².